The first kappa shape index (κ1) is 32.7. The van der Waals surface area contributed by atoms with Crippen molar-refractivity contribution < 1.29 is 0 Å². The molecule has 0 unspecified atom stereocenters. The van der Waals surface area contributed by atoms with Gasteiger partial charge in [-0.2, -0.15) is 0 Å². The van der Waals surface area contributed by atoms with Gasteiger partial charge in [0.05, 0.1) is 11.0 Å². The minimum absolute atomic E-state index is 0.647. The van der Waals surface area contributed by atoms with Crippen LogP contribution in [0.25, 0.3) is 115 Å². The first-order valence-corrected chi connectivity index (χ1v) is 20.3. The molecule has 0 aliphatic rings. The number of hydrogen-bond acceptors (Lipinski definition) is 4. The van der Waals surface area contributed by atoms with Gasteiger partial charge in [-0.3, -0.25) is 0 Å². The zero-order valence-electron chi connectivity index (χ0n) is 31.2. The van der Waals surface area contributed by atoms with Crippen molar-refractivity contribution in [3.05, 3.63) is 194 Å². The maximum atomic E-state index is 5.52. The summed E-state index contributed by atoms with van der Waals surface area (Å²) in [7, 11) is 0. The highest BCUT2D eigenvalue weighted by molar-refractivity contribution is 7.26. The van der Waals surface area contributed by atoms with Gasteiger partial charge in [-0.1, -0.05) is 158 Å². The third-order valence-electron chi connectivity index (χ3n) is 11.4. The van der Waals surface area contributed by atoms with Gasteiger partial charge in [-0.15, -0.1) is 11.3 Å². The predicted molar refractivity (Wildman–Crippen MR) is 244 cm³/mol. The summed E-state index contributed by atoms with van der Waals surface area (Å²) in [5.41, 5.74) is 8.64. The smallest absolute Gasteiger partial charge is 0.165 e. The Bertz CT molecular complexity index is 3580. The molecule has 0 spiro atoms. The van der Waals surface area contributed by atoms with Gasteiger partial charge < -0.3 is 4.57 Å². The monoisotopic (exact) mass is 756 g/mol. The number of aromatic nitrogens is 4. The largest absolute Gasteiger partial charge is 0.309 e. The molecule has 0 aliphatic heterocycles. The van der Waals surface area contributed by atoms with Crippen LogP contribution in [-0.4, -0.2) is 19.5 Å². The lowest BCUT2D eigenvalue weighted by Gasteiger charge is -2.14. The minimum atomic E-state index is 0.647. The van der Waals surface area contributed by atoms with Crippen LogP contribution in [0.2, 0.25) is 0 Å². The van der Waals surface area contributed by atoms with Crippen LogP contribution < -0.4 is 0 Å². The summed E-state index contributed by atoms with van der Waals surface area (Å²) < 4.78 is 4.81. The molecule has 0 bridgehead atoms. The van der Waals surface area contributed by atoms with Crippen molar-refractivity contribution in [2.24, 2.45) is 0 Å². The fourth-order valence-corrected chi connectivity index (χ4v) is 10.0. The van der Waals surface area contributed by atoms with E-state index in [1.165, 1.54) is 31.3 Å². The third kappa shape index (κ3) is 5.11. The molecule has 12 aromatic rings. The number of nitrogens with zero attached hydrogens (tertiary/aromatic N) is 4. The number of hydrogen-bond donors (Lipinski definition) is 0. The van der Waals surface area contributed by atoms with Crippen LogP contribution in [0.15, 0.2) is 194 Å². The summed E-state index contributed by atoms with van der Waals surface area (Å²) in [6.07, 6.45) is 0. The zero-order chi connectivity index (χ0) is 38.2. The lowest BCUT2D eigenvalue weighted by atomic mass is 9.97. The summed E-state index contributed by atoms with van der Waals surface area (Å²) in [5.74, 6) is 1.95. The van der Waals surface area contributed by atoms with Crippen molar-refractivity contribution >= 4 is 74.9 Å². The second-order valence-corrected chi connectivity index (χ2v) is 15.8. The third-order valence-corrected chi connectivity index (χ3v) is 12.6. The van der Waals surface area contributed by atoms with Crippen LogP contribution in [0.4, 0.5) is 0 Å². The average molecular weight is 757 g/mol. The summed E-state index contributed by atoms with van der Waals surface area (Å²) in [4.78, 5) is 16.4. The van der Waals surface area contributed by atoms with Gasteiger partial charge in [0.15, 0.2) is 17.5 Å². The second kappa shape index (κ2) is 13.1. The van der Waals surface area contributed by atoms with E-state index >= 15 is 0 Å². The maximum absolute atomic E-state index is 5.52. The van der Waals surface area contributed by atoms with E-state index in [-0.39, 0.29) is 0 Å². The molecule has 3 aromatic heterocycles. The standard InChI is InChI=1S/C53H32N4S/c1-2-15-33(16-3-1)35-20-12-21-37(31-35)57-45-29-10-8-25-43(45)48-46(57)32-36-18-5-7-23-39(36)49(48)53-55-51(42-27-13-19-34-17-4-6-22-38(34)42)54-52(56-53)44-28-14-26-41-40-24-9-11-30-47(40)58-50(41)44/h1-32H. The molecule has 0 aliphatic carbocycles. The maximum Gasteiger partial charge on any atom is 0.165 e. The molecular formula is C53H32N4S. The van der Waals surface area contributed by atoms with Crippen LogP contribution in [-0.2, 0) is 0 Å². The Hall–Kier alpha value is -7.47. The molecule has 270 valence electrons. The number of rotatable bonds is 5. The molecule has 3 heterocycles. The first-order chi connectivity index (χ1) is 28.8. The van der Waals surface area contributed by atoms with Crippen molar-refractivity contribution in [2.45, 2.75) is 0 Å². The van der Waals surface area contributed by atoms with Crippen LogP contribution in [0.5, 0.6) is 0 Å². The number of benzene rings is 9. The molecule has 0 saturated carbocycles. The summed E-state index contributed by atoms with van der Waals surface area (Å²) in [6.45, 7) is 0. The van der Waals surface area contributed by atoms with E-state index < -0.39 is 0 Å². The SMILES string of the molecule is c1ccc(-c2cccc(-n3c4ccccc4c4c(-c5nc(-c6cccc7ccccc67)nc(-c6cccc7c6sc6ccccc67)n5)c5ccccc5cc43)c2)cc1. The summed E-state index contributed by atoms with van der Waals surface area (Å²) >= 11 is 1.79. The molecule has 12 rings (SSSR count). The van der Waals surface area contributed by atoms with Gasteiger partial charge in [-0.05, 0) is 69.1 Å². The molecule has 0 N–H and O–H groups in total. The average Bonchev–Trinajstić information content (AvgIpc) is 3.84. The van der Waals surface area contributed by atoms with E-state index in [4.69, 9.17) is 15.0 Å². The van der Waals surface area contributed by atoms with Gasteiger partial charge in [0, 0.05) is 53.3 Å². The summed E-state index contributed by atoms with van der Waals surface area (Å²) in [5, 5.41) is 9.16. The fraction of sp³-hybridized carbons (Fsp3) is 0. The highest BCUT2D eigenvalue weighted by Gasteiger charge is 2.24. The molecule has 0 amide bonds. The molecule has 5 heteroatoms. The van der Waals surface area contributed by atoms with E-state index in [1.807, 2.05) is 0 Å². The fourth-order valence-electron chi connectivity index (χ4n) is 8.83. The molecule has 0 radical (unpaired) electrons. The van der Waals surface area contributed by atoms with E-state index in [2.05, 4.69) is 199 Å². The van der Waals surface area contributed by atoms with E-state index in [1.54, 1.807) is 11.3 Å². The van der Waals surface area contributed by atoms with Gasteiger partial charge in [0.1, 0.15) is 0 Å². The Morgan fingerprint density at radius 2 is 0.983 bits per heavy atom. The first-order valence-electron chi connectivity index (χ1n) is 19.5. The molecule has 0 saturated heterocycles. The zero-order valence-corrected chi connectivity index (χ0v) is 32.0. The Kier molecular flexibility index (Phi) is 7.37. The van der Waals surface area contributed by atoms with Crippen molar-refractivity contribution in [1.82, 2.24) is 19.5 Å². The Morgan fingerprint density at radius 1 is 0.379 bits per heavy atom. The lowest BCUT2D eigenvalue weighted by Crippen LogP contribution is -2.02. The predicted octanol–water partition coefficient (Wildman–Crippen LogP) is 14.3. The number of para-hydroxylation sites is 1. The van der Waals surface area contributed by atoms with Gasteiger partial charge in [-0.25, -0.2) is 15.0 Å². The minimum Gasteiger partial charge on any atom is -0.309 e. The van der Waals surface area contributed by atoms with Gasteiger partial charge in [0.25, 0.3) is 0 Å². The molecule has 9 aromatic carbocycles. The van der Waals surface area contributed by atoms with Crippen molar-refractivity contribution in [3.8, 4) is 51.0 Å². The number of fused-ring (bicyclic) bond motifs is 8. The van der Waals surface area contributed by atoms with Crippen molar-refractivity contribution in [1.29, 1.82) is 0 Å². The van der Waals surface area contributed by atoms with Crippen molar-refractivity contribution in [2.75, 3.05) is 0 Å². The van der Waals surface area contributed by atoms with E-state index in [9.17, 15) is 0 Å². The van der Waals surface area contributed by atoms with Gasteiger partial charge in [0.2, 0.25) is 0 Å². The van der Waals surface area contributed by atoms with Crippen molar-refractivity contribution in [3.63, 3.8) is 0 Å². The summed E-state index contributed by atoms with van der Waals surface area (Å²) in [6, 6.07) is 69.1. The molecular weight excluding hydrogens is 725 g/mol. The van der Waals surface area contributed by atoms with E-state index in [0.29, 0.717) is 17.5 Å². The molecule has 58 heavy (non-hydrogen) atoms. The van der Waals surface area contributed by atoms with Crippen LogP contribution in [0, 0.1) is 0 Å². The van der Waals surface area contributed by atoms with Crippen LogP contribution in [0.1, 0.15) is 0 Å². The quantitative estimate of drug-likeness (QED) is 0.176. The normalized spacial score (nSPS) is 11.8. The second-order valence-electron chi connectivity index (χ2n) is 14.7. The highest BCUT2D eigenvalue weighted by Crippen LogP contribution is 2.44. The van der Waals surface area contributed by atoms with Crippen LogP contribution >= 0.6 is 11.3 Å². The molecule has 0 atom stereocenters. The van der Waals surface area contributed by atoms with Crippen LogP contribution in [0.3, 0.4) is 0 Å². The van der Waals surface area contributed by atoms with Gasteiger partial charge >= 0.3 is 0 Å². The Morgan fingerprint density at radius 3 is 1.86 bits per heavy atom. The Balaban J connectivity index is 1.20. The van der Waals surface area contributed by atoms with E-state index in [0.717, 1.165) is 65.7 Å². The highest BCUT2D eigenvalue weighted by atomic mass is 32.1. The molecule has 0 fully saturated rings. The molecule has 4 nitrogen and oxygen atoms in total. The topological polar surface area (TPSA) is 43.6 Å². The number of thiophene rings is 1. The Labute approximate surface area is 338 Å². The lowest BCUT2D eigenvalue weighted by molar-refractivity contribution is 1.08.